The number of halogens is 2. The van der Waals surface area contributed by atoms with E-state index in [-0.39, 0.29) is 13.2 Å². The van der Waals surface area contributed by atoms with Crippen molar-refractivity contribution in [2.45, 2.75) is 6.92 Å². The molecule has 2 rings (SSSR count). The Morgan fingerprint density at radius 1 is 1.09 bits per heavy atom. The highest BCUT2D eigenvalue weighted by molar-refractivity contribution is 6.42. The number of nitrogens with one attached hydrogen (secondary N) is 1. The fourth-order valence-corrected chi connectivity index (χ4v) is 2.03. The summed E-state index contributed by atoms with van der Waals surface area (Å²) in [6.45, 7) is 2.37. The van der Waals surface area contributed by atoms with Gasteiger partial charge in [0.05, 0.1) is 10.0 Å². The minimum absolute atomic E-state index is 0.140. The van der Waals surface area contributed by atoms with Crippen LogP contribution in [0.15, 0.2) is 42.5 Å². The van der Waals surface area contributed by atoms with Crippen LogP contribution >= 0.6 is 23.2 Å². The number of carbonyl (C=O) groups is 1. The summed E-state index contributed by atoms with van der Waals surface area (Å²) in [5, 5.41) is 3.35. The van der Waals surface area contributed by atoms with Gasteiger partial charge in [0.2, 0.25) is 0 Å². The van der Waals surface area contributed by atoms with Gasteiger partial charge in [0.25, 0.3) is 0 Å². The first-order chi connectivity index (χ1) is 10.6. The van der Waals surface area contributed by atoms with Crippen molar-refractivity contribution in [3.05, 3.63) is 58.1 Å². The molecule has 0 atom stereocenters. The molecule has 1 N–H and O–H groups in total. The monoisotopic (exact) mass is 339 g/mol. The van der Waals surface area contributed by atoms with Crippen molar-refractivity contribution in [2.75, 3.05) is 18.5 Å². The Hall–Kier alpha value is -1.91. The second-order valence-corrected chi connectivity index (χ2v) is 5.32. The second kappa shape index (κ2) is 7.92. The molecule has 22 heavy (non-hydrogen) atoms. The van der Waals surface area contributed by atoms with Crippen molar-refractivity contribution in [3.63, 3.8) is 0 Å². The molecule has 0 aliphatic heterocycles. The molecule has 0 bridgehead atoms. The quantitative estimate of drug-likeness (QED) is 0.785. The highest BCUT2D eigenvalue weighted by Crippen LogP contribution is 2.25. The number of hydrogen-bond acceptors (Lipinski definition) is 3. The SMILES string of the molecule is Cc1ccccc1OCCOC(=O)Nc1ccc(Cl)c(Cl)c1. The molecule has 116 valence electrons. The van der Waals surface area contributed by atoms with Crippen LogP contribution in [0.1, 0.15) is 5.56 Å². The van der Waals surface area contributed by atoms with E-state index in [9.17, 15) is 4.79 Å². The molecule has 0 unspecified atom stereocenters. The van der Waals surface area contributed by atoms with Crippen molar-refractivity contribution in [1.29, 1.82) is 0 Å². The van der Waals surface area contributed by atoms with E-state index < -0.39 is 6.09 Å². The van der Waals surface area contributed by atoms with Crippen LogP contribution in [0.3, 0.4) is 0 Å². The van der Waals surface area contributed by atoms with Crippen LogP contribution in [0.2, 0.25) is 10.0 Å². The van der Waals surface area contributed by atoms with E-state index in [4.69, 9.17) is 32.7 Å². The average Bonchev–Trinajstić information content (AvgIpc) is 2.49. The van der Waals surface area contributed by atoms with Gasteiger partial charge in [-0.1, -0.05) is 41.4 Å². The Kier molecular flexibility index (Phi) is 5.92. The number of carbonyl (C=O) groups excluding carboxylic acids is 1. The van der Waals surface area contributed by atoms with Crippen molar-refractivity contribution < 1.29 is 14.3 Å². The average molecular weight is 340 g/mol. The van der Waals surface area contributed by atoms with E-state index >= 15 is 0 Å². The van der Waals surface area contributed by atoms with Gasteiger partial charge in [0.1, 0.15) is 19.0 Å². The lowest BCUT2D eigenvalue weighted by atomic mass is 10.2. The first kappa shape index (κ1) is 16.5. The van der Waals surface area contributed by atoms with Gasteiger partial charge in [0, 0.05) is 5.69 Å². The minimum Gasteiger partial charge on any atom is -0.490 e. The summed E-state index contributed by atoms with van der Waals surface area (Å²) in [5.74, 6) is 0.774. The van der Waals surface area contributed by atoms with Gasteiger partial charge in [0.15, 0.2) is 0 Å². The van der Waals surface area contributed by atoms with Crippen LogP contribution in [-0.2, 0) is 4.74 Å². The van der Waals surface area contributed by atoms with E-state index in [1.807, 2.05) is 31.2 Å². The Bertz CT molecular complexity index is 662. The lowest BCUT2D eigenvalue weighted by Gasteiger charge is -2.10. The summed E-state index contributed by atoms with van der Waals surface area (Å²) in [6.07, 6.45) is -0.577. The molecule has 1 amide bonds. The summed E-state index contributed by atoms with van der Waals surface area (Å²) in [5.41, 5.74) is 1.54. The maximum atomic E-state index is 11.6. The Morgan fingerprint density at radius 3 is 2.59 bits per heavy atom. The van der Waals surface area contributed by atoms with Gasteiger partial charge in [-0.25, -0.2) is 4.79 Å². The van der Waals surface area contributed by atoms with E-state index in [0.29, 0.717) is 15.7 Å². The van der Waals surface area contributed by atoms with E-state index in [1.54, 1.807) is 18.2 Å². The molecule has 2 aromatic rings. The molecular formula is C16H15Cl2NO3. The molecule has 0 fully saturated rings. The largest absolute Gasteiger partial charge is 0.490 e. The zero-order valence-electron chi connectivity index (χ0n) is 11.9. The highest BCUT2D eigenvalue weighted by atomic mass is 35.5. The molecule has 0 spiro atoms. The lowest BCUT2D eigenvalue weighted by molar-refractivity contribution is 0.137. The van der Waals surface area contributed by atoms with Crippen LogP contribution in [0.5, 0.6) is 5.75 Å². The lowest BCUT2D eigenvalue weighted by Crippen LogP contribution is -2.17. The summed E-state index contributed by atoms with van der Waals surface area (Å²) in [4.78, 5) is 11.6. The number of ether oxygens (including phenoxy) is 2. The van der Waals surface area contributed by atoms with Crippen molar-refractivity contribution in [2.24, 2.45) is 0 Å². The van der Waals surface area contributed by atoms with Crippen molar-refractivity contribution in [1.82, 2.24) is 0 Å². The molecule has 6 heteroatoms. The van der Waals surface area contributed by atoms with Crippen LogP contribution in [-0.4, -0.2) is 19.3 Å². The molecular weight excluding hydrogens is 325 g/mol. The first-order valence-corrected chi connectivity index (χ1v) is 7.39. The third-order valence-electron chi connectivity index (χ3n) is 2.83. The summed E-state index contributed by atoms with van der Waals surface area (Å²) < 4.78 is 10.6. The number of anilines is 1. The number of para-hydroxylation sites is 1. The van der Waals surface area contributed by atoms with Gasteiger partial charge >= 0.3 is 6.09 Å². The van der Waals surface area contributed by atoms with Crippen molar-refractivity contribution in [3.8, 4) is 5.75 Å². The maximum absolute atomic E-state index is 11.6. The predicted octanol–water partition coefficient (Wildman–Crippen LogP) is 4.93. The summed E-state index contributed by atoms with van der Waals surface area (Å²) in [6, 6.07) is 12.4. The van der Waals surface area contributed by atoms with E-state index in [2.05, 4.69) is 5.32 Å². The maximum Gasteiger partial charge on any atom is 0.411 e. The number of amides is 1. The standard InChI is InChI=1S/C16H15Cl2NO3/c1-11-4-2-3-5-15(11)21-8-9-22-16(20)19-12-6-7-13(17)14(18)10-12/h2-7,10H,8-9H2,1H3,(H,19,20). The summed E-state index contributed by atoms with van der Waals surface area (Å²) in [7, 11) is 0. The Balaban J connectivity index is 1.74. The van der Waals surface area contributed by atoms with Gasteiger partial charge in [-0.3, -0.25) is 5.32 Å². The zero-order chi connectivity index (χ0) is 15.9. The topological polar surface area (TPSA) is 47.6 Å². The summed E-state index contributed by atoms with van der Waals surface area (Å²) >= 11 is 11.7. The fourth-order valence-electron chi connectivity index (χ4n) is 1.73. The van der Waals surface area contributed by atoms with Crippen LogP contribution in [0, 0.1) is 6.92 Å². The minimum atomic E-state index is -0.577. The normalized spacial score (nSPS) is 10.1. The number of benzene rings is 2. The number of aryl methyl sites for hydroxylation is 1. The second-order valence-electron chi connectivity index (χ2n) is 4.50. The molecule has 0 saturated heterocycles. The molecule has 2 aromatic carbocycles. The van der Waals surface area contributed by atoms with Crippen LogP contribution in [0.25, 0.3) is 0 Å². The van der Waals surface area contributed by atoms with Crippen molar-refractivity contribution >= 4 is 35.0 Å². The van der Waals surface area contributed by atoms with E-state index in [1.165, 1.54) is 0 Å². The van der Waals surface area contributed by atoms with Gasteiger partial charge in [-0.2, -0.15) is 0 Å². The smallest absolute Gasteiger partial charge is 0.411 e. The number of hydrogen-bond donors (Lipinski definition) is 1. The van der Waals surface area contributed by atoms with Crippen LogP contribution in [0.4, 0.5) is 10.5 Å². The molecule has 0 radical (unpaired) electrons. The number of rotatable bonds is 5. The zero-order valence-corrected chi connectivity index (χ0v) is 13.4. The molecule has 0 heterocycles. The molecule has 0 saturated carbocycles. The Morgan fingerprint density at radius 2 is 1.86 bits per heavy atom. The molecule has 0 aliphatic carbocycles. The fraction of sp³-hybridized carbons (Fsp3) is 0.188. The molecule has 0 aromatic heterocycles. The predicted molar refractivity (Wildman–Crippen MR) is 88.1 cm³/mol. The third kappa shape index (κ3) is 4.83. The highest BCUT2D eigenvalue weighted by Gasteiger charge is 2.06. The van der Waals surface area contributed by atoms with Gasteiger partial charge in [-0.15, -0.1) is 0 Å². The van der Waals surface area contributed by atoms with Gasteiger partial charge in [-0.05, 0) is 36.8 Å². The van der Waals surface area contributed by atoms with Crippen LogP contribution < -0.4 is 10.1 Å². The Labute approximate surface area is 138 Å². The first-order valence-electron chi connectivity index (χ1n) is 6.63. The molecule has 0 aliphatic rings. The van der Waals surface area contributed by atoms with Gasteiger partial charge < -0.3 is 9.47 Å². The molecule has 4 nitrogen and oxygen atoms in total. The third-order valence-corrected chi connectivity index (χ3v) is 3.57. The van der Waals surface area contributed by atoms with E-state index in [0.717, 1.165) is 11.3 Å².